The molecule has 0 aliphatic carbocycles. The molecule has 1 saturated heterocycles. The van der Waals surface area contributed by atoms with Crippen LogP contribution in [0.5, 0.6) is 0 Å². The van der Waals surface area contributed by atoms with Crippen LogP contribution in [0.2, 0.25) is 5.02 Å². The minimum atomic E-state index is 0.0186. The van der Waals surface area contributed by atoms with Crippen LogP contribution in [0.3, 0.4) is 0 Å². The van der Waals surface area contributed by atoms with Gasteiger partial charge in [0, 0.05) is 32.3 Å². The number of halogens is 1. The molecule has 1 fully saturated rings. The number of benzene rings is 1. The summed E-state index contributed by atoms with van der Waals surface area (Å²) in [6.45, 7) is 2.32. The summed E-state index contributed by atoms with van der Waals surface area (Å²) in [5, 5.41) is 4.80. The maximum atomic E-state index is 12.5. The highest BCUT2D eigenvalue weighted by Gasteiger charge is 2.19. The first kappa shape index (κ1) is 18.2. The lowest BCUT2D eigenvalue weighted by Gasteiger charge is -2.26. The van der Waals surface area contributed by atoms with Crippen LogP contribution in [0.15, 0.2) is 36.5 Å². The van der Waals surface area contributed by atoms with Gasteiger partial charge in [0.15, 0.2) is 0 Å². The van der Waals surface area contributed by atoms with E-state index >= 15 is 0 Å². The topological polar surface area (TPSA) is 58.1 Å². The molecule has 1 aliphatic rings. The summed E-state index contributed by atoms with van der Waals surface area (Å²) < 4.78 is 1.20. The van der Waals surface area contributed by atoms with Gasteiger partial charge in [0.05, 0.1) is 25.8 Å². The van der Waals surface area contributed by atoms with E-state index in [2.05, 4.69) is 21.4 Å². The van der Waals surface area contributed by atoms with Crippen molar-refractivity contribution in [3.63, 3.8) is 0 Å². The van der Waals surface area contributed by atoms with E-state index in [1.54, 1.807) is 23.6 Å². The summed E-state index contributed by atoms with van der Waals surface area (Å²) in [5.41, 5.74) is 1.59. The number of likely N-dealkylation sites (tertiary alicyclic amines) is 1. The van der Waals surface area contributed by atoms with Crippen molar-refractivity contribution in [2.45, 2.75) is 25.7 Å². The van der Waals surface area contributed by atoms with Gasteiger partial charge in [0.2, 0.25) is 0 Å². The van der Waals surface area contributed by atoms with Gasteiger partial charge in [-0.3, -0.25) is 4.79 Å². The van der Waals surface area contributed by atoms with E-state index in [1.807, 2.05) is 23.1 Å². The van der Waals surface area contributed by atoms with Crippen LogP contribution < -0.4 is 5.32 Å². The van der Waals surface area contributed by atoms with Gasteiger partial charge in [-0.15, -0.1) is 11.3 Å². The zero-order chi connectivity index (χ0) is 18.6. The molecule has 3 aromatic rings. The average molecular weight is 401 g/mol. The van der Waals surface area contributed by atoms with E-state index in [9.17, 15) is 4.79 Å². The number of rotatable bonds is 5. The fourth-order valence-electron chi connectivity index (χ4n) is 3.28. The molecule has 0 bridgehead atoms. The Morgan fingerprint density at radius 1 is 1.22 bits per heavy atom. The second kappa shape index (κ2) is 8.23. The van der Waals surface area contributed by atoms with Crippen molar-refractivity contribution in [2.24, 2.45) is 0 Å². The SMILES string of the molecule is O=C(c1cnc(NCCc2nc3ccccc3s2)c(Cl)c1)N1CCCCC1. The van der Waals surface area contributed by atoms with Gasteiger partial charge in [-0.25, -0.2) is 9.97 Å². The van der Waals surface area contributed by atoms with Crippen molar-refractivity contribution in [2.75, 3.05) is 25.0 Å². The Labute approximate surface area is 167 Å². The molecule has 0 spiro atoms. The number of amides is 1. The van der Waals surface area contributed by atoms with Gasteiger partial charge in [0.25, 0.3) is 5.91 Å². The molecule has 1 N–H and O–H groups in total. The van der Waals surface area contributed by atoms with E-state index in [1.165, 1.54) is 11.1 Å². The number of fused-ring (bicyclic) bond motifs is 1. The minimum Gasteiger partial charge on any atom is -0.368 e. The molecule has 5 nitrogen and oxygen atoms in total. The number of pyridine rings is 1. The Hall–Kier alpha value is -2.18. The number of piperidine rings is 1. The molecule has 2 aromatic heterocycles. The quantitative estimate of drug-likeness (QED) is 0.678. The summed E-state index contributed by atoms with van der Waals surface area (Å²) in [6, 6.07) is 9.85. The lowest BCUT2D eigenvalue weighted by Crippen LogP contribution is -2.35. The zero-order valence-electron chi connectivity index (χ0n) is 14.9. The van der Waals surface area contributed by atoms with Gasteiger partial charge < -0.3 is 10.2 Å². The highest BCUT2D eigenvalue weighted by atomic mass is 35.5. The van der Waals surface area contributed by atoms with E-state index < -0.39 is 0 Å². The lowest BCUT2D eigenvalue weighted by molar-refractivity contribution is 0.0724. The molecule has 0 radical (unpaired) electrons. The molecular weight excluding hydrogens is 380 g/mol. The zero-order valence-corrected chi connectivity index (χ0v) is 16.5. The first-order chi connectivity index (χ1) is 13.2. The number of nitrogens with one attached hydrogen (secondary N) is 1. The summed E-state index contributed by atoms with van der Waals surface area (Å²) in [6.07, 6.45) is 5.74. The Morgan fingerprint density at radius 2 is 2.04 bits per heavy atom. The predicted octanol–water partition coefficient (Wildman–Crippen LogP) is 4.63. The van der Waals surface area contributed by atoms with Crippen molar-refractivity contribution in [3.8, 4) is 0 Å². The standard InChI is InChI=1S/C20H21ClN4OS/c21-15-12-14(20(26)25-10-4-1-5-11-25)13-23-19(15)22-9-8-18-24-16-6-2-3-7-17(16)27-18/h2-3,6-7,12-13H,1,4-5,8-11H2,(H,22,23). The molecule has 0 unspecified atom stereocenters. The van der Waals surface area contributed by atoms with E-state index in [0.717, 1.165) is 42.9 Å². The summed E-state index contributed by atoms with van der Waals surface area (Å²) in [5.74, 6) is 0.623. The van der Waals surface area contributed by atoms with Crippen molar-refractivity contribution in [1.82, 2.24) is 14.9 Å². The normalized spacial score (nSPS) is 14.5. The van der Waals surface area contributed by atoms with E-state index in [-0.39, 0.29) is 5.91 Å². The number of anilines is 1. The van der Waals surface area contributed by atoms with Crippen LogP contribution in [-0.2, 0) is 6.42 Å². The highest BCUT2D eigenvalue weighted by molar-refractivity contribution is 7.18. The van der Waals surface area contributed by atoms with E-state index in [0.29, 0.717) is 22.9 Å². The molecule has 3 heterocycles. The second-order valence-electron chi connectivity index (χ2n) is 6.66. The van der Waals surface area contributed by atoms with Crippen molar-refractivity contribution >= 4 is 44.9 Å². The third-order valence-electron chi connectivity index (χ3n) is 4.70. The third kappa shape index (κ3) is 4.22. The molecule has 1 amide bonds. The highest BCUT2D eigenvalue weighted by Crippen LogP contribution is 2.24. The summed E-state index contributed by atoms with van der Waals surface area (Å²) in [4.78, 5) is 23.4. The van der Waals surface area contributed by atoms with Crippen molar-refractivity contribution in [3.05, 3.63) is 52.1 Å². The molecule has 1 aromatic carbocycles. The van der Waals surface area contributed by atoms with Crippen LogP contribution in [0.1, 0.15) is 34.6 Å². The Balaban J connectivity index is 1.37. The number of carbonyl (C=O) groups is 1. The number of carbonyl (C=O) groups excluding carboxylic acids is 1. The first-order valence-electron chi connectivity index (χ1n) is 9.24. The molecule has 1 aliphatic heterocycles. The molecular formula is C20H21ClN4OS. The molecule has 0 atom stereocenters. The number of para-hydroxylation sites is 1. The van der Waals surface area contributed by atoms with Gasteiger partial charge >= 0.3 is 0 Å². The van der Waals surface area contributed by atoms with Gasteiger partial charge in [-0.05, 0) is 37.5 Å². The maximum Gasteiger partial charge on any atom is 0.255 e. The van der Waals surface area contributed by atoms with Crippen LogP contribution in [-0.4, -0.2) is 40.4 Å². The molecule has 4 rings (SSSR count). The van der Waals surface area contributed by atoms with Crippen LogP contribution in [0.25, 0.3) is 10.2 Å². The third-order valence-corrected chi connectivity index (χ3v) is 6.09. The second-order valence-corrected chi connectivity index (χ2v) is 8.18. The van der Waals surface area contributed by atoms with Gasteiger partial charge in [0.1, 0.15) is 5.82 Å². The van der Waals surface area contributed by atoms with Crippen molar-refractivity contribution in [1.29, 1.82) is 0 Å². The van der Waals surface area contributed by atoms with Crippen LogP contribution >= 0.6 is 22.9 Å². The van der Waals surface area contributed by atoms with Crippen molar-refractivity contribution < 1.29 is 4.79 Å². The van der Waals surface area contributed by atoms with Crippen LogP contribution in [0, 0.1) is 0 Å². The van der Waals surface area contributed by atoms with Gasteiger partial charge in [-0.1, -0.05) is 23.7 Å². The minimum absolute atomic E-state index is 0.0186. The molecule has 140 valence electrons. The number of hydrogen-bond donors (Lipinski definition) is 1. The molecule has 7 heteroatoms. The number of aromatic nitrogens is 2. The summed E-state index contributed by atoms with van der Waals surface area (Å²) >= 11 is 8.05. The van der Waals surface area contributed by atoms with Gasteiger partial charge in [-0.2, -0.15) is 0 Å². The monoisotopic (exact) mass is 400 g/mol. The Kier molecular flexibility index (Phi) is 5.55. The molecule has 27 heavy (non-hydrogen) atoms. The average Bonchev–Trinajstić information content (AvgIpc) is 3.12. The lowest BCUT2D eigenvalue weighted by atomic mass is 10.1. The smallest absolute Gasteiger partial charge is 0.255 e. The fraction of sp³-hybridized carbons (Fsp3) is 0.350. The largest absolute Gasteiger partial charge is 0.368 e. The number of thiazole rings is 1. The Bertz CT molecular complexity index is 919. The predicted molar refractivity (Wildman–Crippen MR) is 111 cm³/mol. The number of nitrogens with zero attached hydrogens (tertiary/aromatic N) is 3. The fourth-order valence-corrected chi connectivity index (χ4v) is 4.48. The maximum absolute atomic E-state index is 12.5. The Morgan fingerprint density at radius 3 is 2.81 bits per heavy atom. The molecule has 0 saturated carbocycles. The summed E-state index contributed by atoms with van der Waals surface area (Å²) in [7, 11) is 0. The number of hydrogen-bond acceptors (Lipinski definition) is 5. The van der Waals surface area contributed by atoms with Crippen LogP contribution in [0.4, 0.5) is 5.82 Å². The van der Waals surface area contributed by atoms with E-state index in [4.69, 9.17) is 11.6 Å². The first-order valence-corrected chi connectivity index (χ1v) is 10.4.